The Bertz CT molecular complexity index is 487. The van der Waals surface area contributed by atoms with Crippen molar-refractivity contribution in [1.82, 2.24) is 4.67 Å². The lowest BCUT2D eigenvalue weighted by Gasteiger charge is -2.32. The third-order valence-electron chi connectivity index (χ3n) is 2.91. The van der Waals surface area contributed by atoms with Gasteiger partial charge in [-0.3, -0.25) is 4.79 Å². The first-order chi connectivity index (χ1) is 10.8. The van der Waals surface area contributed by atoms with Crippen molar-refractivity contribution in [3.05, 3.63) is 24.3 Å². The highest BCUT2D eigenvalue weighted by Gasteiger charge is 2.23. The summed E-state index contributed by atoms with van der Waals surface area (Å²) in [6.45, 7) is 9.89. The quantitative estimate of drug-likeness (QED) is 0.321. The van der Waals surface area contributed by atoms with Crippen LogP contribution in [-0.4, -0.2) is 40.8 Å². The van der Waals surface area contributed by atoms with Gasteiger partial charge in [-0.1, -0.05) is 12.1 Å². The third kappa shape index (κ3) is 6.83. The number of para-hydroxylation sites is 2. The van der Waals surface area contributed by atoms with E-state index in [2.05, 4.69) is 0 Å². The van der Waals surface area contributed by atoms with Crippen molar-refractivity contribution < 1.29 is 23.7 Å². The highest BCUT2D eigenvalue weighted by Crippen LogP contribution is 2.40. The summed E-state index contributed by atoms with van der Waals surface area (Å²) < 4.78 is 18.0. The molecule has 1 N–H and O–H groups in total. The highest BCUT2D eigenvalue weighted by atomic mass is 31.2. The Balaban J connectivity index is 2.47. The van der Waals surface area contributed by atoms with E-state index in [-0.39, 0.29) is 25.3 Å². The lowest BCUT2D eigenvalue weighted by Crippen LogP contribution is -2.33. The minimum Gasteiger partial charge on any atom is -0.487 e. The van der Waals surface area contributed by atoms with E-state index in [0.29, 0.717) is 11.5 Å². The molecule has 0 amide bonds. The number of hydrogen-bond acceptors (Lipinski definition) is 6. The molecule has 6 nitrogen and oxygen atoms in total. The maximum Gasteiger partial charge on any atom is 0.308 e. The molecular formula is C16H26NO5P. The number of carbonyl (C=O) groups is 1. The van der Waals surface area contributed by atoms with Gasteiger partial charge in [0.2, 0.25) is 0 Å². The van der Waals surface area contributed by atoms with Crippen molar-refractivity contribution in [3.8, 4) is 11.5 Å². The number of nitrogens with zero attached hydrogens (tertiary/aromatic N) is 1. The van der Waals surface area contributed by atoms with Crippen molar-refractivity contribution in [2.45, 2.75) is 46.7 Å². The minimum absolute atomic E-state index is 0.191. The second-order valence-corrected chi connectivity index (χ2v) is 6.77. The molecule has 23 heavy (non-hydrogen) atoms. The highest BCUT2D eigenvalue weighted by molar-refractivity contribution is 7.43. The fourth-order valence-corrected chi connectivity index (χ4v) is 3.30. The lowest BCUT2D eigenvalue weighted by atomic mass is 10.3. The molecule has 0 radical (unpaired) electrons. The van der Waals surface area contributed by atoms with Crippen molar-refractivity contribution in [3.63, 3.8) is 0 Å². The van der Waals surface area contributed by atoms with E-state index < -0.39 is 14.5 Å². The van der Waals surface area contributed by atoms with E-state index in [9.17, 15) is 9.69 Å². The number of hydrogen-bond donors (Lipinski definition) is 1. The molecule has 0 spiro atoms. The summed E-state index contributed by atoms with van der Waals surface area (Å²) >= 11 is 0. The molecule has 0 fully saturated rings. The van der Waals surface area contributed by atoms with Crippen LogP contribution in [0.15, 0.2) is 24.3 Å². The van der Waals surface area contributed by atoms with Crippen LogP contribution < -0.4 is 9.47 Å². The average molecular weight is 343 g/mol. The van der Waals surface area contributed by atoms with Crippen LogP contribution in [0.4, 0.5) is 0 Å². The fourth-order valence-electron chi connectivity index (χ4n) is 2.14. The first-order valence-corrected chi connectivity index (χ1v) is 8.79. The molecule has 1 aromatic carbocycles. The molecule has 7 heteroatoms. The van der Waals surface area contributed by atoms with E-state index in [1.807, 2.05) is 32.4 Å². The van der Waals surface area contributed by atoms with Gasteiger partial charge < -0.3 is 18.9 Å². The maximum atomic E-state index is 11.0. The van der Waals surface area contributed by atoms with Crippen LogP contribution in [0.25, 0.3) is 0 Å². The second-order valence-electron chi connectivity index (χ2n) is 5.54. The zero-order chi connectivity index (χ0) is 17.4. The van der Waals surface area contributed by atoms with E-state index in [0.717, 1.165) is 0 Å². The zero-order valence-electron chi connectivity index (χ0n) is 14.4. The smallest absolute Gasteiger partial charge is 0.308 e. The third-order valence-corrected chi connectivity index (χ3v) is 4.64. The van der Waals surface area contributed by atoms with Crippen LogP contribution >= 0.6 is 8.53 Å². The Morgan fingerprint density at radius 2 is 1.70 bits per heavy atom. The van der Waals surface area contributed by atoms with Gasteiger partial charge in [0.25, 0.3) is 8.53 Å². The van der Waals surface area contributed by atoms with Crippen LogP contribution in [0.3, 0.4) is 0 Å². The lowest BCUT2D eigenvalue weighted by molar-refractivity contribution is -0.132. The van der Waals surface area contributed by atoms with E-state index >= 15 is 0 Å². The molecule has 1 atom stereocenters. The van der Waals surface area contributed by atoms with Crippen LogP contribution in [-0.2, 0) is 9.32 Å². The molecule has 1 rings (SSSR count). The Morgan fingerprint density at radius 1 is 1.13 bits per heavy atom. The van der Waals surface area contributed by atoms with E-state index in [1.54, 1.807) is 24.3 Å². The number of rotatable bonds is 9. The monoisotopic (exact) mass is 343 g/mol. The molecule has 0 aliphatic rings. The summed E-state index contributed by atoms with van der Waals surface area (Å²) in [5.74, 6) is 0.441. The molecule has 130 valence electrons. The van der Waals surface area contributed by atoms with Gasteiger partial charge in [0.05, 0.1) is 6.61 Å². The van der Waals surface area contributed by atoms with Crippen molar-refractivity contribution in [1.29, 1.82) is 0 Å². The van der Waals surface area contributed by atoms with Crippen LogP contribution in [0.1, 0.15) is 34.6 Å². The summed E-state index contributed by atoms with van der Waals surface area (Å²) in [7, 11) is -1.66. The summed E-state index contributed by atoms with van der Waals surface area (Å²) in [6, 6.07) is 7.32. The molecule has 1 aromatic rings. The molecule has 1 unspecified atom stereocenters. The van der Waals surface area contributed by atoms with Crippen molar-refractivity contribution in [2.24, 2.45) is 0 Å². The molecule has 0 saturated heterocycles. The van der Waals surface area contributed by atoms with Crippen LogP contribution in [0.5, 0.6) is 11.5 Å². The summed E-state index contributed by atoms with van der Waals surface area (Å²) in [5, 5.41) is 0. The molecule has 0 saturated carbocycles. The van der Waals surface area contributed by atoms with Gasteiger partial charge in [0.1, 0.15) is 6.61 Å². The fraction of sp³-hybridized carbons (Fsp3) is 0.562. The van der Waals surface area contributed by atoms with E-state index in [4.69, 9.17) is 14.0 Å². The summed E-state index contributed by atoms with van der Waals surface area (Å²) in [5.41, 5.74) is 0. The predicted molar refractivity (Wildman–Crippen MR) is 90.4 cm³/mol. The van der Waals surface area contributed by atoms with Gasteiger partial charge in [0, 0.05) is 19.0 Å². The topological polar surface area (TPSA) is 68.2 Å². The van der Waals surface area contributed by atoms with Gasteiger partial charge in [-0.2, -0.15) is 0 Å². The number of esters is 1. The first-order valence-electron chi connectivity index (χ1n) is 7.63. The average Bonchev–Trinajstić information content (AvgIpc) is 2.43. The summed E-state index contributed by atoms with van der Waals surface area (Å²) in [6.07, 6.45) is 0. The van der Waals surface area contributed by atoms with Gasteiger partial charge >= 0.3 is 5.97 Å². The van der Waals surface area contributed by atoms with E-state index in [1.165, 1.54) is 6.92 Å². The van der Waals surface area contributed by atoms with Crippen LogP contribution in [0.2, 0.25) is 0 Å². The minimum atomic E-state index is -1.66. The maximum absolute atomic E-state index is 11.0. The standard InChI is InChI=1S/C16H26NO5P/c1-12(2)17(13(3)4)23(19)21-11-10-20-15-8-6-7-9-16(15)22-14(5)18/h6-9,12-13,19H,10-11H2,1-5H3. The molecule has 0 heterocycles. The first kappa shape index (κ1) is 19.8. The Morgan fingerprint density at radius 3 is 2.22 bits per heavy atom. The number of ether oxygens (including phenoxy) is 2. The SMILES string of the molecule is CC(=O)Oc1ccccc1OCCOP(O)N(C(C)C)C(C)C. The predicted octanol–water partition coefficient (Wildman–Crippen LogP) is 3.35. The molecular weight excluding hydrogens is 317 g/mol. The van der Waals surface area contributed by atoms with Crippen molar-refractivity contribution >= 4 is 14.5 Å². The second kappa shape index (κ2) is 9.83. The Hall–Kier alpha value is -1.20. The van der Waals surface area contributed by atoms with Gasteiger partial charge in [0.15, 0.2) is 11.5 Å². The Labute approximate surface area is 139 Å². The molecule has 0 aromatic heterocycles. The number of carbonyl (C=O) groups excluding carboxylic acids is 1. The molecule has 0 aliphatic heterocycles. The van der Waals surface area contributed by atoms with Crippen LogP contribution in [0, 0.1) is 0 Å². The normalized spacial score (nSPS) is 12.7. The van der Waals surface area contributed by atoms with Gasteiger partial charge in [-0.05, 0) is 39.8 Å². The largest absolute Gasteiger partial charge is 0.487 e. The summed E-state index contributed by atoms with van der Waals surface area (Å²) in [4.78, 5) is 21.2. The van der Waals surface area contributed by atoms with Gasteiger partial charge in [-0.25, -0.2) is 4.67 Å². The Kier molecular flexibility index (Phi) is 8.48. The van der Waals surface area contributed by atoms with Crippen molar-refractivity contribution in [2.75, 3.05) is 13.2 Å². The molecule has 0 bridgehead atoms. The molecule has 0 aliphatic carbocycles. The number of benzene rings is 1. The zero-order valence-corrected chi connectivity index (χ0v) is 15.2. The van der Waals surface area contributed by atoms with Gasteiger partial charge in [-0.15, -0.1) is 0 Å².